The van der Waals surface area contributed by atoms with E-state index in [-0.39, 0.29) is 0 Å². The van der Waals surface area contributed by atoms with Crippen LogP contribution in [0.5, 0.6) is 0 Å². The molecule has 2 N–H and O–H groups in total. The number of rotatable bonds is 5. The van der Waals surface area contributed by atoms with E-state index in [9.17, 15) is 0 Å². The first-order chi connectivity index (χ1) is 14.7. The monoisotopic (exact) mass is 392 g/mol. The zero-order valence-electron chi connectivity index (χ0n) is 16.6. The Morgan fingerprint density at radius 2 is 2.07 bits per heavy atom. The minimum absolute atomic E-state index is 0.678. The van der Waals surface area contributed by atoms with Gasteiger partial charge in [0.05, 0.1) is 22.6 Å². The molecule has 146 valence electrons. The van der Waals surface area contributed by atoms with Gasteiger partial charge in [-0.3, -0.25) is 10.1 Å². The Labute approximate surface area is 173 Å². The fraction of sp³-hybridized carbons (Fsp3) is 0.0833. The van der Waals surface area contributed by atoms with Crippen molar-refractivity contribution in [3.63, 3.8) is 0 Å². The van der Waals surface area contributed by atoms with Crippen molar-refractivity contribution in [3.8, 4) is 22.9 Å². The smallest absolute Gasteiger partial charge is 0.161 e. The fourth-order valence-corrected chi connectivity index (χ4v) is 3.64. The standard InChI is InChI=1S/C24H20N6/c1-3-8-17(16-9-4-5-10-16)21-15(2)26-24(28-21)23-22-20(29-30-23)13-12-19(27-22)18-11-6-7-14-25-18/h3-4,6-14H,1,5H2,2H3,(H,26,28)(H,29,30)/b17-8-. The fourth-order valence-electron chi connectivity index (χ4n) is 3.64. The molecule has 0 aromatic carbocycles. The van der Waals surface area contributed by atoms with Crippen molar-refractivity contribution in [2.24, 2.45) is 0 Å². The van der Waals surface area contributed by atoms with E-state index in [4.69, 9.17) is 9.97 Å². The summed E-state index contributed by atoms with van der Waals surface area (Å²) in [6, 6.07) is 9.69. The Kier molecular flexibility index (Phi) is 4.44. The highest BCUT2D eigenvalue weighted by molar-refractivity contribution is 5.90. The van der Waals surface area contributed by atoms with Gasteiger partial charge in [-0.2, -0.15) is 5.10 Å². The minimum Gasteiger partial charge on any atom is -0.340 e. The second-order valence-corrected chi connectivity index (χ2v) is 7.05. The number of aromatic amines is 2. The summed E-state index contributed by atoms with van der Waals surface area (Å²) in [4.78, 5) is 17.5. The molecule has 4 heterocycles. The molecule has 6 nitrogen and oxygen atoms in total. The molecule has 5 rings (SSSR count). The lowest BCUT2D eigenvalue weighted by Gasteiger charge is -2.04. The summed E-state index contributed by atoms with van der Waals surface area (Å²) >= 11 is 0. The van der Waals surface area contributed by atoms with Crippen LogP contribution in [-0.2, 0) is 0 Å². The van der Waals surface area contributed by atoms with E-state index in [0.717, 1.165) is 51.4 Å². The van der Waals surface area contributed by atoms with E-state index in [1.165, 1.54) is 0 Å². The minimum atomic E-state index is 0.678. The molecular formula is C24H20N6. The van der Waals surface area contributed by atoms with E-state index in [2.05, 4.69) is 45.0 Å². The lowest BCUT2D eigenvalue weighted by molar-refractivity contribution is 1.10. The summed E-state index contributed by atoms with van der Waals surface area (Å²) in [5.41, 5.74) is 7.96. The van der Waals surface area contributed by atoms with E-state index in [1.54, 1.807) is 12.3 Å². The number of nitrogens with one attached hydrogen (secondary N) is 2. The molecule has 6 heteroatoms. The van der Waals surface area contributed by atoms with Gasteiger partial charge in [-0.05, 0) is 43.2 Å². The molecule has 0 radical (unpaired) electrons. The van der Waals surface area contributed by atoms with Gasteiger partial charge in [-0.15, -0.1) is 0 Å². The third-order valence-corrected chi connectivity index (χ3v) is 5.07. The van der Waals surface area contributed by atoms with E-state index < -0.39 is 0 Å². The van der Waals surface area contributed by atoms with Crippen molar-refractivity contribution >= 4 is 16.6 Å². The molecule has 0 saturated heterocycles. The van der Waals surface area contributed by atoms with Crippen LogP contribution in [0.4, 0.5) is 0 Å². The lowest BCUT2D eigenvalue weighted by Crippen LogP contribution is -1.90. The maximum absolute atomic E-state index is 4.88. The Bertz CT molecular complexity index is 1330. The summed E-state index contributed by atoms with van der Waals surface area (Å²) in [5, 5.41) is 7.55. The van der Waals surface area contributed by atoms with E-state index >= 15 is 0 Å². The zero-order chi connectivity index (χ0) is 20.5. The van der Waals surface area contributed by atoms with Crippen molar-refractivity contribution in [2.75, 3.05) is 0 Å². The highest BCUT2D eigenvalue weighted by Crippen LogP contribution is 2.32. The number of fused-ring (bicyclic) bond motifs is 1. The lowest BCUT2D eigenvalue weighted by atomic mass is 10.0. The molecule has 0 bridgehead atoms. The molecule has 1 aliphatic rings. The van der Waals surface area contributed by atoms with Crippen LogP contribution in [0.1, 0.15) is 17.8 Å². The van der Waals surface area contributed by atoms with Crippen molar-refractivity contribution in [1.29, 1.82) is 0 Å². The number of imidazole rings is 1. The maximum atomic E-state index is 4.88. The predicted molar refractivity (Wildman–Crippen MR) is 119 cm³/mol. The summed E-state index contributed by atoms with van der Waals surface area (Å²) in [7, 11) is 0. The SMILES string of the molecule is C=C/C=C(/C1=CCC=C1)c1nc(-c2n[nH]c3ccc(-c4ccccn4)nc23)[nH]c1C. The molecule has 1 aliphatic carbocycles. The molecular weight excluding hydrogens is 372 g/mol. The van der Waals surface area contributed by atoms with E-state index in [1.807, 2.05) is 43.3 Å². The average molecular weight is 392 g/mol. The van der Waals surface area contributed by atoms with Gasteiger partial charge in [0.15, 0.2) is 11.5 Å². The van der Waals surface area contributed by atoms with Gasteiger partial charge in [0.1, 0.15) is 5.52 Å². The number of aryl methyl sites for hydroxylation is 1. The Morgan fingerprint density at radius 3 is 2.83 bits per heavy atom. The second kappa shape index (κ2) is 7.40. The molecule has 0 fully saturated rings. The van der Waals surface area contributed by atoms with Gasteiger partial charge >= 0.3 is 0 Å². The topological polar surface area (TPSA) is 83.1 Å². The zero-order valence-corrected chi connectivity index (χ0v) is 16.6. The molecule has 0 saturated carbocycles. The Hall–Kier alpha value is -4.06. The maximum Gasteiger partial charge on any atom is 0.161 e. The Morgan fingerprint density at radius 1 is 1.13 bits per heavy atom. The van der Waals surface area contributed by atoms with Crippen LogP contribution in [0.3, 0.4) is 0 Å². The van der Waals surface area contributed by atoms with E-state index in [0.29, 0.717) is 11.5 Å². The normalized spacial score (nSPS) is 13.8. The summed E-state index contributed by atoms with van der Waals surface area (Å²) < 4.78 is 0. The van der Waals surface area contributed by atoms with Crippen LogP contribution in [0.15, 0.2) is 79.1 Å². The molecule has 0 amide bonds. The van der Waals surface area contributed by atoms with Gasteiger partial charge in [0, 0.05) is 17.5 Å². The Balaban J connectivity index is 1.61. The van der Waals surface area contributed by atoms with Crippen molar-refractivity contribution in [1.82, 2.24) is 30.1 Å². The number of aromatic nitrogens is 6. The number of H-pyrrole nitrogens is 2. The van der Waals surface area contributed by atoms with Gasteiger partial charge in [-0.1, -0.05) is 43.0 Å². The summed E-state index contributed by atoms with van der Waals surface area (Å²) in [6.07, 6.45) is 12.9. The summed E-state index contributed by atoms with van der Waals surface area (Å²) in [5.74, 6) is 0.678. The number of pyridine rings is 2. The second-order valence-electron chi connectivity index (χ2n) is 7.05. The molecule has 0 aliphatic heterocycles. The number of nitrogens with zero attached hydrogens (tertiary/aromatic N) is 4. The van der Waals surface area contributed by atoms with Gasteiger partial charge < -0.3 is 4.98 Å². The van der Waals surface area contributed by atoms with Crippen LogP contribution in [-0.4, -0.2) is 30.1 Å². The van der Waals surface area contributed by atoms with Crippen molar-refractivity contribution < 1.29 is 0 Å². The summed E-state index contributed by atoms with van der Waals surface area (Å²) in [6.45, 7) is 5.88. The van der Waals surface area contributed by atoms with Crippen molar-refractivity contribution in [3.05, 3.63) is 90.4 Å². The molecule has 0 atom stereocenters. The first kappa shape index (κ1) is 18.0. The molecule has 0 unspecified atom stereocenters. The number of hydrogen-bond acceptors (Lipinski definition) is 4. The average Bonchev–Trinajstić information content (AvgIpc) is 3.52. The van der Waals surface area contributed by atoms with Gasteiger partial charge in [0.2, 0.25) is 0 Å². The van der Waals surface area contributed by atoms with Crippen LogP contribution >= 0.6 is 0 Å². The molecule has 4 aromatic rings. The molecule has 0 spiro atoms. The van der Waals surface area contributed by atoms with Gasteiger partial charge in [0.25, 0.3) is 0 Å². The number of allylic oxidation sites excluding steroid dienone is 7. The highest BCUT2D eigenvalue weighted by atomic mass is 15.2. The molecule has 4 aromatic heterocycles. The largest absolute Gasteiger partial charge is 0.340 e. The first-order valence-electron chi connectivity index (χ1n) is 9.78. The predicted octanol–water partition coefficient (Wildman–Crippen LogP) is 5.17. The first-order valence-corrected chi connectivity index (χ1v) is 9.78. The third-order valence-electron chi connectivity index (χ3n) is 5.07. The van der Waals surface area contributed by atoms with Crippen LogP contribution in [0.25, 0.3) is 39.5 Å². The number of hydrogen-bond donors (Lipinski definition) is 2. The van der Waals surface area contributed by atoms with Gasteiger partial charge in [-0.25, -0.2) is 9.97 Å². The van der Waals surface area contributed by atoms with Crippen LogP contribution in [0, 0.1) is 6.92 Å². The quantitative estimate of drug-likeness (QED) is 0.459. The molecule has 30 heavy (non-hydrogen) atoms. The third kappa shape index (κ3) is 3.08. The van der Waals surface area contributed by atoms with Crippen LogP contribution < -0.4 is 0 Å². The highest BCUT2D eigenvalue weighted by Gasteiger charge is 2.19. The van der Waals surface area contributed by atoms with Crippen molar-refractivity contribution in [2.45, 2.75) is 13.3 Å². The van der Waals surface area contributed by atoms with Crippen LogP contribution in [0.2, 0.25) is 0 Å².